The van der Waals surface area contributed by atoms with Crippen LogP contribution in [0.2, 0.25) is 0 Å². The number of hydrogen-bond donors (Lipinski definition) is 3. The third kappa shape index (κ3) is 5.61. The highest BCUT2D eigenvalue weighted by Crippen LogP contribution is 2.16. The Balaban J connectivity index is 2.82. The second kappa shape index (κ2) is 6.70. The number of primary amides is 1. The fourth-order valence-corrected chi connectivity index (χ4v) is 3.28. The number of nitrogens with zero attached hydrogens (tertiary/aromatic N) is 1. The van der Waals surface area contributed by atoms with Crippen molar-refractivity contribution in [2.75, 3.05) is 26.2 Å². The summed E-state index contributed by atoms with van der Waals surface area (Å²) in [4.78, 5) is 10.9. The number of carbonyl (C=O) groups is 1. The summed E-state index contributed by atoms with van der Waals surface area (Å²) in [5.74, 6) is -0.923. The van der Waals surface area contributed by atoms with Crippen LogP contribution >= 0.6 is 0 Å². The molecule has 0 spiro atoms. The fraction of sp³-hybridized carbons (Fsp3) is 0.889. The summed E-state index contributed by atoms with van der Waals surface area (Å²) in [6, 6.07) is -0.595. The molecule has 1 aliphatic rings. The van der Waals surface area contributed by atoms with Gasteiger partial charge < -0.3 is 11.1 Å². The highest BCUT2D eigenvalue weighted by molar-refractivity contribution is 7.87. The number of hydrogen-bond acceptors (Lipinski definition) is 4. The summed E-state index contributed by atoms with van der Waals surface area (Å²) in [5, 5.41) is 2.92. The van der Waals surface area contributed by atoms with Gasteiger partial charge in [0.2, 0.25) is 5.91 Å². The van der Waals surface area contributed by atoms with Crippen molar-refractivity contribution in [3.8, 4) is 0 Å². The topological polar surface area (TPSA) is 105 Å². The van der Waals surface area contributed by atoms with Gasteiger partial charge in [0.1, 0.15) is 6.54 Å². The quantitative estimate of drug-likeness (QED) is 0.579. The van der Waals surface area contributed by atoms with Gasteiger partial charge in [0.15, 0.2) is 0 Å². The molecule has 4 N–H and O–H groups in total. The minimum Gasteiger partial charge on any atom is -0.369 e. The molecule has 0 radical (unpaired) electrons. The van der Waals surface area contributed by atoms with E-state index >= 15 is 0 Å². The maximum atomic E-state index is 12.1. The van der Waals surface area contributed by atoms with Gasteiger partial charge in [-0.2, -0.15) is 30.6 Å². The molecule has 0 aromatic heterocycles. The molecule has 0 aliphatic carbocycles. The number of carbonyl (C=O) groups excluding carboxylic acids is 1. The van der Waals surface area contributed by atoms with Crippen LogP contribution in [0.5, 0.6) is 0 Å². The van der Waals surface area contributed by atoms with Crippen molar-refractivity contribution in [2.24, 2.45) is 5.73 Å². The Hall–Kier alpha value is -0.910. The lowest BCUT2D eigenvalue weighted by Gasteiger charge is -2.32. The maximum absolute atomic E-state index is 12.1. The molecule has 1 aliphatic heterocycles. The Morgan fingerprint density at radius 1 is 1.45 bits per heavy atom. The zero-order valence-electron chi connectivity index (χ0n) is 10.6. The molecule has 11 heteroatoms. The van der Waals surface area contributed by atoms with E-state index in [1.54, 1.807) is 0 Å². The van der Waals surface area contributed by atoms with Gasteiger partial charge in [0.05, 0.1) is 6.54 Å². The molecule has 0 bridgehead atoms. The molecule has 1 heterocycles. The van der Waals surface area contributed by atoms with E-state index in [0.717, 1.165) is 0 Å². The van der Waals surface area contributed by atoms with Crippen LogP contribution in [0.4, 0.5) is 13.2 Å². The van der Waals surface area contributed by atoms with Crippen LogP contribution in [0.25, 0.3) is 0 Å². The first-order valence-electron chi connectivity index (χ1n) is 5.94. The molecule has 1 rings (SSSR count). The average Bonchev–Trinajstić information content (AvgIpc) is 2.34. The van der Waals surface area contributed by atoms with Gasteiger partial charge in [-0.1, -0.05) is 0 Å². The minimum absolute atomic E-state index is 0.264. The van der Waals surface area contributed by atoms with Gasteiger partial charge in [-0.05, 0) is 19.4 Å². The van der Waals surface area contributed by atoms with E-state index in [9.17, 15) is 26.4 Å². The molecule has 1 fully saturated rings. The second-order valence-corrected chi connectivity index (χ2v) is 6.16. The molecule has 1 atom stereocenters. The second-order valence-electron chi connectivity index (χ2n) is 4.45. The van der Waals surface area contributed by atoms with Gasteiger partial charge in [0.25, 0.3) is 10.2 Å². The number of nitrogens with two attached hydrogens (primary N) is 1. The van der Waals surface area contributed by atoms with Gasteiger partial charge in [-0.25, -0.2) is 0 Å². The van der Waals surface area contributed by atoms with Crippen LogP contribution in [0.3, 0.4) is 0 Å². The molecule has 118 valence electrons. The summed E-state index contributed by atoms with van der Waals surface area (Å²) in [6.45, 7) is -1.39. The van der Waals surface area contributed by atoms with Gasteiger partial charge >= 0.3 is 6.18 Å². The largest absolute Gasteiger partial charge is 0.402 e. The Morgan fingerprint density at radius 2 is 2.10 bits per heavy atom. The van der Waals surface area contributed by atoms with E-state index in [4.69, 9.17) is 5.73 Å². The van der Waals surface area contributed by atoms with Crippen LogP contribution in [0.15, 0.2) is 0 Å². The summed E-state index contributed by atoms with van der Waals surface area (Å²) in [6.07, 6.45) is -3.56. The number of nitrogens with one attached hydrogen (secondary N) is 2. The first kappa shape index (κ1) is 17.1. The molecule has 0 saturated carbocycles. The standard InChI is InChI=1S/C9H17F3N4O3S/c10-9(11,12)6-15-20(18,19)16(5-8(13)17)7-2-1-3-14-4-7/h7,14-15H,1-6H2,(H2,13,17). The average molecular weight is 318 g/mol. The fourth-order valence-electron chi connectivity index (χ4n) is 1.90. The molecule has 0 aromatic rings. The Kier molecular flexibility index (Phi) is 5.74. The van der Waals surface area contributed by atoms with Gasteiger partial charge in [-0.15, -0.1) is 0 Å². The molecule has 20 heavy (non-hydrogen) atoms. The van der Waals surface area contributed by atoms with Crippen molar-refractivity contribution < 1.29 is 26.4 Å². The van der Waals surface area contributed by atoms with Crippen molar-refractivity contribution in [3.63, 3.8) is 0 Å². The van der Waals surface area contributed by atoms with Crippen LogP contribution < -0.4 is 15.8 Å². The molecular formula is C9H17F3N4O3S. The van der Waals surface area contributed by atoms with E-state index < -0.39 is 41.4 Å². The molecular weight excluding hydrogens is 301 g/mol. The maximum Gasteiger partial charge on any atom is 0.402 e. The van der Waals surface area contributed by atoms with Crippen LogP contribution in [-0.2, 0) is 15.0 Å². The van der Waals surface area contributed by atoms with E-state index in [-0.39, 0.29) is 6.54 Å². The van der Waals surface area contributed by atoms with Crippen molar-refractivity contribution in [1.82, 2.24) is 14.3 Å². The lowest BCUT2D eigenvalue weighted by Crippen LogP contribution is -2.55. The number of amides is 1. The van der Waals surface area contributed by atoms with E-state index in [2.05, 4.69) is 5.32 Å². The van der Waals surface area contributed by atoms with Gasteiger partial charge in [0, 0.05) is 12.6 Å². The van der Waals surface area contributed by atoms with Crippen molar-refractivity contribution in [2.45, 2.75) is 25.1 Å². The number of alkyl halides is 3. The highest BCUT2D eigenvalue weighted by atomic mass is 32.2. The lowest BCUT2D eigenvalue weighted by molar-refractivity contribution is -0.121. The first-order chi connectivity index (χ1) is 9.12. The molecule has 0 aromatic carbocycles. The Morgan fingerprint density at radius 3 is 2.55 bits per heavy atom. The smallest absolute Gasteiger partial charge is 0.369 e. The molecule has 7 nitrogen and oxygen atoms in total. The number of piperidine rings is 1. The number of rotatable bonds is 6. The normalized spacial score (nSPS) is 21.1. The van der Waals surface area contributed by atoms with Gasteiger partial charge in [-0.3, -0.25) is 4.79 Å². The summed E-state index contributed by atoms with van der Waals surface area (Å²) in [5.41, 5.74) is 4.96. The highest BCUT2D eigenvalue weighted by Gasteiger charge is 2.36. The summed E-state index contributed by atoms with van der Waals surface area (Å²) >= 11 is 0. The first-order valence-corrected chi connectivity index (χ1v) is 7.38. The number of halogens is 3. The van der Waals surface area contributed by atoms with Crippen LogP contribution in [0.1, 0.15) is 12.8 Å². The third-order valence-electron chi connectivity index (χ3n) is 2.75. The third-order valence-corrected chi connectivity index (χ3v) is 4.31. The van der Waals surface area contributed by atoms with E-state index in [1.807, 2.05) is 0 Å². The summed E-state index contributed by atoms with van der Waals surface area (Å²) in [7, 11) is -4.43. The Bertz CT molecular complexity index is 434. The van der Waals surface area contributed by atoms with E-state index in [0.29, 0.717) is 23.7 Å². The predicted molar refractivity (Wildman–Crippen MR) is 64.8 cm³/mol. The zero-order valence-corrected chi connectivity index (χ0v) is 11.4. The predicted octanol–water partition coefficient (Wildman–Crippen LogP) is -1.08. The van der Waals surface area contributed by atoms with Crippen molar-refractivity contribution in [3.05, 3.63) is 0 Å². The molecule has 1 unspecified atom stereocenters. The zero-order chi connectivity index (χ0) is 15.4. The van der Waals surface area contributed by atoms with Crippen molar-refractivity contribution >= 4 is 16.1 Å². The monoisotopic (exact) mass is 318 g/mol. The Labute approximate surface area is 114 Å². The molecule has 1 amide bonds. The van der Waals surface area contributed by atoms with Crippen LogP contribution in [0, 0.1) is 0 Å². The molecule has 1 saturated heterocycles. The minimum atomic E-state index is -4.67. The van der Waals surface area contributed by atoms with E-state index in [1.165, 1.54) is 4.72 Å². The lowest BCUT2D eigenvalue weighted by atomic mass is 10.1. The van der Waals surface area contributed by atoms with Crippen molar-refractivity contribution in [1.29, 1.82) is 0 Å². The SMILES string of the molecule is NC(=O)CN(C1CCCNC1)S(=O)(=O)NCC(F)(F)F. The summed E-state index contributed by atoms with van der Waals surface area (Å²) < 4.78 is 62.2. The van der Waals surface area contributed by atoms with Crippen LogP contribution in [-0.4, -0.2) is 57.0 Å².